The van der Waals surface area contributed by atoms with E-state index in [1.165, 1.54) is 205 Å². The zero-order valence-corrected chi connectivity index (χ0v) is 38.8. The van der Waals surface area contributed by atoms with Crippen LogP contribution in [-0.4, -0.2) is 46.9 Å². The molecule has 0 radical (unpaired) electrons. The van der Waals surface area contributed by atoms with Gasteiger partial charge in [-0.3, -0.25) is 9.59 Å². The van der Waals surface area contributed by atoms with Crippen molar-refractivity contribution in [2.75, 3.05) is 6.61 Å². The van der Waals surface area contributed by atoms with Gasteiger partial charge in [0.25, 0.3) is 0 Å². The molecule has 0 aliphatic carbocycles. The number of hydrogen-bond acceptors (Lipinski definition) is 5. The zero-order chi connectivity index (χ0) is 41.7. The van der Waals surface area contributed by atoms with E-state index in [4.69, 9.17) is 4.74 Å². The molecule has 0 aliphatic heterocycles. The van der Waals surface area contributed by atoms with Gasteiger partial charge >= 0.3 is 5.97 Å². The van der Waals surface area contributed by atoms with Crippen LogP contribution in [0.25, 0.3) is 0 Å². The normalized spacial score (nSPS) is 13.1. The van der Waals surface area contributed by atoms with Gasteiger partial charge in [-0.25, -0.2) is 0 Å². The minimum absolute atomic E-state index is 0.0875. The Morgan fingerprint density at radius 3 is 1.07 bits per heavy atom. The molecule has 0 bridgehead atoms. The first-order chi connectivity index (χ1) is 28.0. The second-order valence-electron chi connectivity index (χ2n) is 17.9. The molecular weight excluding hydrogens is 707 g/mol. The number of unbranched alkanes of at least 4 members (excludes halogenated alkanes) is 35. The van der Waals surface area contributed by atoms with Crippen molar-refractivity contribution < 1.29 is 24.5 Å². The minimum Gasteiger partial charge on any atom is -0.462 e. The molecule has 0 heterocycles. The summed E-state index contributed by atoms with van der Waals surface area (Å²) in [6, 6.07) is -0.691. The lowest BCUT2D eigenvalue weighted by molar-refractivity contribution is -0.151. The van der Waals surface area contributed by atoms with Gasteiger partial charge in [0.1, 0.15) is 6.10 Å². The Balaban J connectivity index is 4.48. The molecule has 0 fully saturated rings. The van der Waals surface area contributed by atoms with Crippen LogP contribution in [-0.2, 0) is 14.3 Å². The number of hydrogen-bond donors (Lipinski definition) is 3. The highest BCUT2D eigenvalue weighted by Gasteiger charge is 2.24. The lowest BCUT2D eigenvalue weighted by Crippen LogP contribution is -2.46. The van der Waals surface area contributed by atoms with Crippen LogP contribution in [0.4, 0.5) is 0 Å². The molecule has 0 aliphatic rings. The van der Waals surface area contributed by atoms with Gasteiger partial charge in [-0.1, -0.05) is 252 Å². The smallest absolute Gasteiger partial charge is 0.306 e. The quantitative estimate of drug-likeness (QED) is 0.0420. The van der Waals surface area contributed by atoms with E-state index in [2.05, 4.69) is 26.1 Å². The van der Waals surface area contributed by atoms with Crippen molar-refractivity contribution in [2.45, 2.75) is 309 Å². The first kappa shape index (κ1) is 55.9. The summed E-state index contributed by atoms with van der Waals surface area (Å²) in [5.41, 5.74) is 0. The first-order valence-electron chi connectivity index (χ1n) is 25.8. The number of amides is 1. The zero-order valence-electron chi connectivity index (χ0n) is 38.8. The Bertz CT molecular complexity index is 821. The maximum absolute atomic E-state index is 13.2. The average Bonchev–Trinajstić information content (AvgIpc) is 3.20. The van der Waals surface area contributed by atoms with Gasteiger partial charge in [-0.2, -0.15) is 0 Å². The van der Waals surface area contributed by atoms with E-state index >= 15 is 0 Å². The Morgan fingerprint density at radius 1 is 0.439 bits per heavy atom. The molecule has 57 heavy (non-hydrogen) atoms. The number of aliphatic hydroxyl groups excluding tert-OH is 2. The highest BCUT2D eigenvalue weighted by Crippen LogP contribution is 2.19. The summed E-state index contributed by atoms with van der Waals surface area (Å²) in [4.78, 5) is 26.1. The van der Waals surface area contributed by atoms with E-state index in [0.29, 0.717) is 19.3 Å². The third-order valence-electron chi connectivity index (χ3n) is 12.2. The van der Waals surface area contributed by atoms with Crippen LogP contribution < -0.4 is 5.32 Å². The van der Waals surface area contributed by atoms with Gasteiger partial charge in [0.15, 0.2) is 0 Å². The predicted molar refractivity (Wildman–Crippen MR) is 246 cm³/mol. The van der Waals surface area contributed by atoms with E-state index in [1.54, 1.807) is 0 Å². The standard InChI is InChI=1S/C51H101NO5/c1-4-7-10-13-16-19-22-24-25-26-27-29-32-35-38-41-44-51(56)57-47(42-39-36-33-30-28-23-20-17-14-11-8-5-2)45-50(55)52-48(46-53)49(54)43-40-37-34-31-21-18-15-12-9-6-3/h47-49,53-54H,4-46H2,1-3H3,(H,52,55). The molecular formula is C51H101NO5. The Labute approximate surface area is 356 Å². The van der Waals surface area contributed by atoms with Gasteiger partial charge in [-0.15, -0.1) is 0 Å². The molecule has 3 atom stereocenters. The van der Waals surface area contributed by atoms with Crippen LogP contribution in [0.15, 0.2) is 0 Å². The molecule has 0 saturated carbocycles. The molecule has 6 nitrogen and oxygen atoms in total. The van der Waals surface area contributed by atoms with Gasteiger partial charge < -0.3 is 20.3 Å². The van der Waals surface area contributed by atoms with E-state index in [0.717, 1.165) is 38.5 Å². The SMILES string of the molecule is CCCCCCCCCCCCCCCCCCC(=O)OC(CCCCCCCCCCCCCC)CC(=O)NC(CO)C(O)CCCCCCCCCCCC. The summed E-state index contributed by atoms with van der Waals surface area (Å²) in [7, 11) is 0. The lowest BCUT2D eigenvalue weighted by Gasteiger charge is -2.24. The fourth-order valence-electron chi connectivity index (χ4n) is 8.26. The molecule has 1 amide bonds. The largest absolute Gasteiger partial charge is 0.462 e. The Morgan fingerprint density at radius 2 is 0.737 bits per heavy atom. The van der Waals surface area contributed by atoms with E-state index in [1.807, 2.05) is 0 Å². The molecule has 340 valence electrons. The highest BCUT2D eigenvalue weighted by atomic mass is 16.5. The summed E-state index contributed by atoms with van der Waals surface area (Å²) in [6.45, 7) is 6.50. The summed E-state index contributed by atoms with van der Waals surface area (Å²) >= 11 is 0. The fraction of sp³-hybridized carbons (Fsp3) is 0.961. The predicted octanol–water partition coefficient (Wildman–Crippen LogP) is 15.2. The van der Waals surface area contributed by atoms with E-state index in [-0.39, 0.29) is 24.9 Å². The fourth-order valence-corrected chi connectivity index (χ4v) is 8.26. The van der Waals surface area contributed by atoms with Gasteiger partial charge in [-0.05, 0) is 25.7 Å². The molecule has 0 aromatic carbocycles. The summed E-state index contributed by atoms with van der Waals surface area (Å²) in [5.74, 6) is -0.452. The lowest BCUT2D eigenvalue weighted by atomic mass is 10.0. The number of aliphatic hydroxyl groups is 2. The third kappa shape index (κ3) is 41.4. The molecule has 0 spiro atoms. The summed E-state index contributed by atoms with van der Waals surface area (Å²) < 4.78 is 5.94. The second kappa shape index (κ2) is 45.9. The van der Waals surface area contributed by atoms with Crippen molar-refractivity contribution in [2.24, 2.45) is 0 Å². The van der Waals surface area contributed by atoms with Crippen molar-refractivity contribution in [3.63, 3.8) is 0 Å². The van der Waals surface area contributed by atoms with Crippen LogP contribution in [0.1, 0.15) is 290 Å². The van der Waals surface area contributed by atoms with Crippen LogP contribution in [0.2, 0.25) is 0 Å². The number of esters is 1. The maximum atomic E-state index is 13.2. The van der Waals surface area contributed by atoms with Crippen LogP contribution in [0.5, 0.6) is 0 Å². The van der Waals surface area contributed by atoms with Crippen LogP contribution in [0.3, 0.4) is 0 Å². The van der Waals surface area contributed by atoms with Crippen LogP contribution >= 0.6 is 0 Å². The Kier molecular flexibility index (Phi) is 45.0. The van der Waals surface area contributed by atoms with E-state index in [9.17, 15) is 19.8 Å². The summed E-state index contributed by atoms with van der Waals surface area (Å²) in [5, 5.41) is 23.7. The van der Waals surface area contributed by atoms with Crippen molar-refractivity contribution in [1.82, 2.24) is 5.32 Å². The van der Waals surface area contributed by atoms with Crippen LogP contribution in [0, 0.1) is 0 Å². The molecule has 0 saturated heterocycles. The minimum atomic E-state index is -0.778. The molecule has 6 heteroatoms. The number of ether oxygens (including phenoxy) is 1. The third-order valence-corrected chi connectivity index (χ3v) is 12.2. The van der Waals surface area contributed by atoms with Gasteiger partial charge in [0.2, 0.25) is 5.91 Å². The van der Waals surface area contributed by atoms with Crippen molar-refractivity contribution >= 4 is 11.9 Å². The van der Waals surface area contributed by atoms with Gasteiger partial charge in [0.05, 0.1) is 25.2 Å². The van der Waals surface area contributed by atoms with Crippen molar-refractivity contribution in [3.8, 4) is 0 Å². The monoisotopic (exact) mass is 808 g/mol. The maximum Gasteiger partial charge on any atom is 0.306 e. The van der Waals surface area contributed by atoms with Crippen molar-refractivity contribution in [1.29, 1.82) is 0 Å². The molecule has 0 aromatic heterocycles. The van der Waals surface area contributed by atoms with Crippen molar-refractivity contribution in [3.05, 3.63) is 0 Å². The molecule has 0 rings (SSSR count). The first-order valence-corrected chi connectivity index (χ1v) is 25.8. The number of rotatable bonds is 47. The number of carbonyl (C=O) groups excluding carboxylic acids is 2. The Hall–Kier alpha value is -1.14. The average molecular weight is 808 g/mol. The van der Waals surface area contributed by atoms with Gasteiger partial charge in [0, 0.05) is 6.42 Å². The topological polar surface area (TPSA) is 95.9 Å². The molecule has 0 aromatic rings. The summed E-state index contributed by atoms with van der Waals surface area (Å²) in [6.07, 6.45) is 48.8. The second-order valence-corrected chi connectivity index (χ2v) is 17.9. The number of nitrogens with one attached hydrogen (secondary N) is 1. The number of carbonyl (C=O) groups is 2. The molecule has 3 N–H and O–H groups in total. The highest BCUT2D eigenvalue weighted by molar-refractivity contribution is 5.77. The van der Waals surface area contributed by atoms with E-state index < -0.39 is 18.2 Å². The molecule has 3 unspecified atom stereocenters.